The highest BCUT2D eigenvalue weighted by Crippen LogP contribution is 2.25. The van der Waals surface area contributed by atoms with Crippen LogP contribution >= 0.6 is 23.2 Å². The average Bonchev–Trinajstić information content (AvgIpc) is 2.64. The van der Waals surface area contributed by atoms with Crippen molar-refractivity contribution in [2.45, 2.75) is 32.9 Å². The Morgan fingerprint density at radius 2 is 2.00 bits per heavy atom. The number of benzene rings is 2. The highest BCUT2D eigenvalue weighted by molar-refractivity contribution is 6.35. The van der Waals surface area contributed by atoms with E-state index in [1.165, 1.54) is 0 Å². The molecule has 0 spiro atoms. The molecule has 0 aliphatic rings. The molecular formula is C20H24Cl2N4O. The van der Waals surface area contributed by atoms with Crippen LogP contribution in [0.1, 0.15) is 47.8 Å². The number of amides is 1. The van der Waals surface area contributed by atoms with Gasteiger partial charge >= 0.3 is 0 Å². The molecule has 0 aromatic heterocycles. The van der Waals surface area contributed by atoms with E-state index >= 15 is 0 Å². The van der Waals surface area contributed by atoms with Crippen LogP contribution in [0.5, 0.6) is 0 Å². The molecular weight excluding hydrogens is 383 g/mol. The van der Waals surface area contributed by atoms with Gasteiger partial charge in [0.2, 0.25) is 0 Å². The fraction of sp³-hybridized carbons (Fsp3) is 0.300. The Bertz CT molecular complexity index is 823. The second kappa shape index (κ2) is 10.2. The van der Waals surface area contributed by atoms with E-state index in [2.05, 4.69) is 15.6 Å². The molecule has 0 aliphatic carbocycles. The molecule has 0 radical (unpaired) electrons. The van der Waals surface area contributed by atoms with E-state index in [-0.39, 0.29) is 11.9 Å². The molecule has 0 heterocycles. The molecule has 0 aliphatic heterocycles. The molecule has 1 amide bonds. The van der Waals surface area contributed by atoms with Crippen LogP contribution in [0, 0.1) is 0 Å². The van der Waals surface area contributed by atoms with Crippen LogP contribution in [0.3, 0.4) is 0 Å². The average molecular weight is 407 g/mol. The van der Waals surface area contributed by atoms with Gasteiger partial charge in [-0.25, -0.2) is 4.99 Å². The zero-order chi connectivity index (χ0) is 19.8. The molecule has 2 rings (SSSR count). The van der Waals surface area contributed by atoms with Crippen LogP contribution in [0.15, 0.2) is 47.5 Å². The molecule has 1 atom stereocenters. The number of guanidine groups is 1. The fourth-order valence-corrected chi connectivity index (χ4v) is 3.10. The largest absolute Gasteiger partial charge is 0.370 e. The highest BCUT2D eigenvalue weighted by atomic mass is 35.5. The maximum Gasteiger partial charge on any atom is 0.251 e. The Morgan fingerprint density at radius 3 is 2.70 bits per heavy atom. The summed E-state index contributed by atoms with van der Waals surface area (Å²) in [5.41, 5.74) is 8.40. The van der Waals surface area contributed by atoms with Gasteiger partial charge in [-0.2, -0.15) is 0 Å². The third-order valence-corrected chi connectivity index (χ3v) is 4.51. The minimum absolute atomic E-state index is 0.0835. The number of hydrogen-bond acceptors (Lipinski definition) is 2. The maximum absolute atomic E-state index is 12.0. The zero-order valence-electron chi connectivity index (χ0n) is 15.4. The van der Waals surface area contributed by atoms with Crippen LogP contribution in [0.4, 0.5) is 0 Å². The van der Waals surface area contributed by atoms with Gasteiger partial charge in [-0.05, 0) is 48.7 Å². The van der Waals surface area contributed by atoms with Gasteiger partial charge in [0.15, 0.2) is 5.96 Å². The number of hydrogen-bond donors (Lipinski definition) is 3. The van der Waals surface area contributed by atoms with Crippen molar-refractivity contribution in [3.8, 4) is 0 Å². The van der Waals surface area contributed by atoms with E-state index in [4.69, 9.17) is 28.9 Å². The lowest BCUT2D eigenvalue weighted by atomic mass is 10.1. The van der Waals surface area contributed by atoms with Gasteiger partial charge in [-0.3, -0.25) is 4.79 Å². The molecule has 0 bridgehead atoms. The Morgan fingerprint density at radius 1 is 1.22 bits per heavy atom. The monoisotopic (exact) mass is 406 g/mol. The minimum atomic E-state index is -0.121. The predicted octanol–water partition coefficient (Wildman–Crippen LogP) is 4.30. The summed E-state index contributed by atoms with van der Waals surface area (Å²) in [6.07, 6.45) is 0.897. The van der Waals surface area contributed by atoms with E-state index in [0.717, 1.165) is 17.5 Å². The molecule has 4 N–H and O–H groups in total. The Kier molecular flexibility index (Phi) is 7.95. The lowest BCUT2D eigenvalue weighted by Gasteiger charge is -2.16. The molecule has 1 unspecified atom stereocenters. The smallest absolute Gasteiger partial charge is 0.251 e. The SMILES string of the molecule is CCCNC(=O)c1cccc(CN=C(N)NC(C)c2ccc(Cl)cc2Cl)c1. The second-order valence-corrected chi connectivity index (χ2v) is 7.03. The number of aliphatic imine (C=N–C) groups is 1. The minimum Gasteiger partial charge on any atom is -0.370 e. The number of carbonyl (C=O) groups is 1. The summed E-state index contributed by atoms with van der Waals surface area (Å²) >= 11 is 12.1. The van der Waals surface area contributed by atoms with E-state index in [1.807, 2.05) is 38.1 Å². The van der Waals surface area contributed by atoms with Gasteiger partial charge in [0.1, 0.15) is 0 Å². The first-order valence-electron chi connectivity index (χ1n) is 8.79. The van der Waals surface area contributed by atoms with Gasteiger partial charge in [0.05, 0.1) is 12.6 Å². The van der Waals surface area contributed by atoms with Crippen molar-refractivity contribution in [3.63, 3.8) is 0 Å². The molecule has 144 valence electrons. The lowest BCUT2D eigenvalue weighted by Crippen LogP contribution is -2.34. The summed E-state index contributed by atoms with van der Waals surface area (Å²) in [6, 6.07) is 12.6. The first-order chi connectivity index (χ1) is 12.9. The van der Waals surface area contributed by atoms with Crippen LogP contribution < -0.4 is 16.4 Å². The topological polar surface area (TPSA) is 79.5 Å². The number of halogens is 2. The molecule has 2 aromatic carbocycles. The van der Waals surface area contributed by atoms with Crippen LogP contribution in [-0.2, 0) is 6.54 Å². The lowest BCUT2D eigenvalue weighted by molar-refractivity contribution is 0.0953. The van der Waals surface area contributed by atoms with Gasteiger partial charge < -0.3 is 16.4 Å². The summed E-state index contributed by atoms with van der Waals surface area (Å²) in [6.45, 7) is 4.98. The molecule has 0 saturated heterocycles. The Hall–Kier alpha value is -2.24. The van der Waals surface area contributed by atoms with Crippen LogP contribution in [0.2, 0.25) is 10.0 Å². The van der Waals surface area contributed by atoms with E-state index in [0.29, 0.717) is 34.7 Å². The highest BCUT2D eigenvalue weighted by Gasteiger charge is 2.11. The first-order valence-corrected chi connectivity index (χ1v) is 9.54. The van der Waals surface area contributed by atoms with Crippen molar-refractivity contribution in [1.29, 1.82) is 0 Å². The van der Waals surface area contributed by atoms with Gasteiger partial charge in [0, 0.05) is 22.2 Å². The summed E-state index contributed by atoms with van der Waals surface area (Å²) in [4.78, 5) is 16.4. The number of rotatable bonds is 7. The fourth-order valence-electron chi connectivity index (χ4n) is 2.53. The third kappa shape index (κ3) is 6.45. The van der Waals surface area contributed by atoms with Gasteiger partial charge in [-0.15, -0.1) is 0 Å². The molecule has 0 saturated carbocycles. The summed E-state index contributed by atoms with van der Waals surface area (Å²) in [5, 5.41) is 7.13. The standard InChI is InChI=1S/C20H24Cl2N4O/c1-3-9-24-19(27)15-6-4-5-14(10-15)12-25-20(23)26-13(2)17-8-7-16(21)11-18(17)22/h4-8,10-11,13H,3,9,12H2,1-2H3,(H,24,27)(H3,23,25,26). The van der Waals surface area contributed by atoms with E-state index in [1.54, 1.807) is 18.2 Å². The number of nitrogens with two attached hydrogens (primary N) is 1. The molecule has 7 heteroatoms. The summed E-state index contributed by atoms with van der Waals surface area (Å²) in [5.74, 6) is 0.217. The zero-order valence-corrected chi connectivity index (χ0v) is 16.9. The summed E-state index contributed by atoms with van der Waals surface area (Å²) in [7, 11) is 0. The van der Waals surface area contributed by atoms with Crippen molar-refractivity contribution in [2.24, 2.45) is 10.7 Å². The number of carbonyl (C=O) groups excluding carboxylic acids is 1. The van der Waals surface area contributed by atoms with E-state index in [9.17, 15) is 4.79 Å². The molecule has 2 aromatic rings. The molecule has 27 heavy (non-hydrogen) atoms. The third-order valence-electron chi connectivity index (χ3n) is 3.95. The normalized spacial score (nSPS) is 12.5. The maximum atomic E-state index is 12.0. The van der Waals surface area contributed by atoms with Crippen molar-refractivity contribution in [1.82, 2.24) is 10.6 Å². The van der Waals surface area contributed by atoms with E-state index < -0.39 is 0 Å². The van der Waals surface area contributed by atoms with Gasteiger partial charge in [-0.1, -0.05) is 48.3 Å². The molecule has 0 fully saturated rings. The van der Waals surface area contributed by atoms with Crippen LogP contribution in [-0.4, -0.2) is 18.4 Å². The number of nitrogens with one attached hydrogen (secondary N) is 2. The van der Waals surface area contributed by atoms with Gasteiger partial charge in [0.25, 0.3) is 5.91 Å². The second-order valence-electron chi connectivity index (χ2n) is 6.19. The number of nitrogens with zero attached hydrogens (tertiary/aromatic N) is 1. The van der Waals surface area contributed by atoms with Crippen LogP contribution in [0.25, 0.3) is 0 Å². The Balaban J connectivity index is 1.99. The van der Waals surface area contributed by atoms with Crippen molar-refractivity contribution < 1.29 is 4.79 Å². The summed E-state index contributed by atoms with van der Waals surface area (Å²) < 4.78 is 0. The van der Waals surface area contributed by atoms with Crippen molar-refractivity contribution >= 4 is 35.1 Å². The predicted molar refractivity (Wildman–Crippen MR) is 112 cm³/mol. The molecule has 5 nitrogen and oxygen atoms in total. The quantitative estimate of drug-likeness (QED) is 0.473. The first kappa shape index (κ1) is 21.1. The van der Waals surface area contributed by atoms with Crippen molar-refractivity contribution in [3.05, 3.63) is 69.2 Å². The Labute approximate surface area is 170 Å². The van der Waals surface area contributed by atoms with Crippen molar-refractivity contribution in [2.75, 3.05) is 6.54 Å².